The molecule has 0 heterocycles. The van der Waals surface area contributed by atoms with Crippen LogP contribution in [0.15, 0.2) is 18.2 Å². The highest BCUT2D eigenvalue weighted by Gasteiger charge is 2.38. The van der Waals surface area contributed by atoms with Crippen molar-refractivity contribution in [2.24, 2.45) is 0 Å². The average Bonchev–Trinajstić information content (AvgIpc) is 3.24. The van der Waals surface area contributed by atoms with Gasteiger partial charge in [0.15, 0.2) is 0 Å². The van der Waals surface area contributed by atoms with Crippen molar-refractivity contribution < 1.29 is 18.1 Å². The van der Waals surface area contributed by atoms with Gasteiger partial charge in [-0.25, -0.2) is 0 Å². The van der Waals surface area contributed by atoms with Crippen LogP contribution < -0.4 is 13.6 Å². The second kappa shape index (κ2) is 29.0. The minimum Gasteiger partial charge on any atom is -0.386 e. The molecule has 0 aliphatic heterocycles. The molecule has 0 aliphatic carbocycles. The van der Waals surface area contributed by atoms with Crippen LogP contribution in [0, 0.1) is 20.8 Å². The molecule has 0 spiro atoms. The summed E-state index contributed by atoms with van der Waals surface area (Å²) < 4.78 is 37.8. The lowest BCUT2D eigenvalue weighted by Gasteiger charge is -2.28. The molecule has 0 atom stereocenters. The molecule has 4 nitrogen and oxygen atoms in total. The van der Waals surface area contributed by atoms with E-state index in [9.17, 15) is 0 Å². The first kappa shape index (κ1) is 53.6. The topological polar surface area (TPSA) is 44.8 Å². The van der Waals surface area contributed by atoms with E-state index in [4.69, 9.17) is 13.6 Å². The Hall–Kier alpha value is -2.71. The van der Waals surface area contributed by atoms with E-state index in [1.54, 1.807) is 0 Å². The first-order valence-electron chi connectivity index (χ1n) is 26.1. The summed E-state index contributed by atoms with van der Waals surface area (Å²) in [7, 11) is -4.37. The van der Waals surface area contributed by atoms with Crippen molar-refractivity contribution in [3.8, 4) is 17.2 Å². The smallest absolute Gasteiger partial charge is 0.386 e. The first-order chi connectivity index (χ1) is 30.0. The van der Waals surface area contributed by atoms with Gasteiger partial charge in [0.1, 0.15) is 17.2 Å². The number of hydrogen-bond donors (Lipinski definition) is 0. The van der Waals surface area contributed by atoms with Gasteiger partial charge in [0, 0.05) is 0 Å². The summed E-state index contributed by atoms with van der Waals surface area (Å²) in [5.74, 6) is 2.04. The fraction of sp³-hybridized carbons (Fsp3) is 0.684. The molecule has 350 valence electrons. The summed E-state index contributed by atoms with van der Waals surface area (Å²) in [6.07, 6.45) is 28.8. The van der Waals surface area contributed by atoms with E-state index in [1.165, 1.54) is 66.8 Å². The third kappa shape index (κ3) is 15.5. The maximum Gasteiger partial charge on any atom is 0.647 e. The molecule has 3 aromatic rings. The van der Waals surface area contributed by atoms with Crippen molar-refractivity contribution in [1.29, 1.82) is 0 Å². The number of rotatable bonds is 33. The number of hydrogen-bond acceptors (Lipinski definition) is 4. The van der Waals surface area contributed by atoms with Gasteiger partial charge in [0.05, 0.1) is 0 Å². The van der Waals surface area contributed by atoms with E-state index in [1.807, 2.05) is 0 Å². The Morgan fingerprint density at radius 3 is 0.677 bits per heavy atom. The molecule has 0 bridgehead atoms. The lowest BCUT2D eigenvalue weighted by Crippen LogP contribution is -2.15. The Balaban J connectivity index is 2.49. The molecule has 0 saturated heterocycles. The summed E-state index contributed by atoms with van der Waals surface area (Å²) >= 11 is 0. The minimum atomic E-state index is -4.37. The molecule has 5 heteroatoms. The maximum absolute atomic E-state index is 16.4. The third-order valence-corrected chi connectivity index (χ3v) is 14.5. The van der Waals surface area contributed by atoms with Crippen LogP contribution in [0.5, 0.6) is 17.2 Å². The van der Waals surface area contributed by atoms with Gasteiger partial charge in [0.25, 0.3) is 0 Å². The zero-order chi connectivity index (χ0) is 45.5. The van der Waals surface area contributed by atoms with E-state index >= 15 is 4.57 Å². The fourth-order valence-electron chi connectivity index (χ4n) is 9.43. The average molecular weight is 873 g/mol. The van der Waals surface area contributed by atoms with Crippen LogP contribution in [0.2, 0.25) is 0 Å². The van der Waals surface area contributed by atoms with Crippen LogP contribution in [0.4, 0.5) is 0 Å². The van der Waals surface area contributed by atoms with Crippen molar-refractivity contribution in [2.45, 2.75) is 256 Å². The van der Waals surface area contributed by atoms with Crippen molar-refractivity contribution in [2.75, 3.05) is 0 Å². The molecule has 0 aliphatic rings. The van der Waals surface area contributed by atoms with Crippen LogP contribution in [-0.2, 0) is 62.4 Å². The molecule has 3 aromatic carbocycles. The van der Waals surface area contributed by atoms with Gasteiger partial charge in [-0.3, -0.25) is 0 Å². The molecule has 0 fully saturated rings. The Kier molecular flexibility index (Phi) is 25.0. The molecule has 3 rings (SSSR count). The van der Waals surface area contributed by atoms with Gasteiger partial charge in [-0.2, -0.15) is 4.57 Å². The zero-order valence-corrected chi connectivity index (χ0v) is 43.3. The number of aryl methyl sites for hydroxylation is 3. The Labute approximate surface area is 383 Å². The lowest BCUT2D eigenvalue weighted by atomic mass is 9.87. The maximum atomic E-state index is 16.4. The standard InChI is InChI=1S/C57H93O4P/c1-13-22-31-46-43(10)40-55(52(37-28-19-7)49(46)34-25-16-4)59-62(58,60-56-41-44(11)47(32-23-14-2)50(35-26-17-5)53(56)38-29-20-8)61-57-42-45(12)48(33-24-15-3)51(36-27-18-6)54(57)39-30-21-9/h40-42H,13-39H2,1-12H3. The van der Waals surface area contributed by atoms with E-state index in [-0.39, 0.29) is 0 Å². The van der Waals surface area contributed by atoms with Crippen molar-refractivity contribution in [3.05, 3.63) is 85.0 Å². The van der Waals surface area contributed by atoms with Gasteiger partial charge in [-0.05, 0) is 221 Å². The summed E-state index contributed by atoms with van der Waals surface area (Å²) in [6.45, 7) is 27.1. The largest absolute Gasteiger partial charge is 0.647 e. The van der Waals surface area contributed by atoms with Crippen molar-refractivity contribution in [1.82, 2.24) is 0 Å². The van der Waals surface area contributed by atoms with E-state index in [0.717, 1.165) is 173 Å². The fourth-order valence-corrected chi connectivity index (χ4v) is 10.8. The number of benzene rings is 3. The van der Waals surface area contributed by atoms with Crippen LogP contribution in [0.25, 0.3) is 0 Å². The van der Waals surface area contributed by atoms with Gasteiger partial charge in [-0.1, -0.05) is 120 Å². The molecular formula is C57H93O4P. The SMILES string of the molecule is CCCCc1c(C)cc(OP(=O)(Oc2cc(C)c(CCCC)c(CCCC)c2CCCC)Oc2cc(C)c(CCCC)c(CCCC)c2CCCC)c(CCCC)c1CCCC. The van der Waals surface area contributed by atoms with E-state index in [2.05, 4.69) is 101 Å². The Bertz CT molecular complexity index is 1610. The second-order valence-corrected chi connectivity index (χ2v) is 20.0. The Morgan fingerprint density at radius 2 is 0.484 bits per heavy atom. The van der Waals surface area contributed by atoms with Crippen LogP contribution >= 0.6 is 7.82 Å². The summed E-state index contributed by atoms with van der Waals surface area (Å²) in [6, 6.07) is 6.54. The van der Waals surface area contributed by atoms with Crippen LogP contribution in [-0.4, -0.2) is 0 Å². The molecule has 0 amide bonds. The lowest BCUT2D eigenvalue weighted by molar-refractivity contribution is 0.294. The molecular weight excluding hydrogens is 780 g/mol. The van der Waals surface area contributed by atoms with Gasteiger partial charge in [0.2, 0.25) is 0 Å². The molecule has 0 radical (unpaired) electrons. The number of phosphoric acid groups is 1. The quantitative estimate of drug-likeness (QED) is 0.0572. The highest BCUT2D eigenvalue weighted by Crippen LogP contribution is 2.54. The summed E-state index contributed by atoms with van der Waals surface area (Å²) in [4.78, 5) is 0. The summed E-state index contributed by atoms with van der Waals surface area (Å²) in [5.41, 5.74) is 15.8. The highest BCUT2D eigenvalue weighted by molar-refractivity contribution is 7.49. The molecule has 62 heavy (non-hydrogen) atoms. The molecule has 0 aromatic heterocycles. The van der Waals surface area contributed by atoms with Crippen LogP contribution in [0.1, 0.15) is 245 Å². The van der Waals surface area contributed by atoms with Crippen LogP contribution in [0.3, 0.4) is 0 Å². The monoisotopic (exact) mass is 873 g/mol. The van der Waals surface area contributed by atoms with E-state index < -0.39 is 7.82 Å². The normalized spacial score (nSPS) is 11.7. The van der Waals surface area contributed by atoms with Gasteiger partial charge >= 0.3 is 7.82 Å². The molecule has 0 unspecified atom stereocenters. The predicted octanol–water partition coefficient (Wildman–Crippen LogP) is 18.3. The zero-order valence-electron chi connectivity index (χ0n) is 42.4. The van der Waals surface area contributed by atoms with Gasteiger partial charge < -0.3 is 13.6 Å². The first-order valence-corrected chi connectivity index (χ1v) is 27.6. The third-order valence-electron chi connectivity index (χ3n) is 13.2. The van der Waals surface area contributed by atoms with Crippen molar-refractivity contribution >= 4 is 7.82 Å². The second-order valence-electron chi connectivity index (χ2n) is 18.5. The highest BCUT2D eigenvalue weighted by atomic mass is 31.2. The molecule has 0 saturated carbocycles. The van der Waals surface area contributed by atoms with Crippen molar-refractivity contribution in [3.63, 3.8) is 0 Å². The predicted molar refractivity (Wildman–Crippen MR) is 271 cm³/mol. The van der Waals surface area contributed by atoms with Gasteiger partial charge in [-0.15, -0.1) is 0 Å². The minimum absolute atomic E-state index is 0.681. The Morgan fingerprint density at radius 1 is 0.306 bits per heavy atom. The molecule has 0 N–H and O–H groups in total. The number of unbranched alkanes of at least 4 members (excludes halogenated alkanes) is 9. The number of phosphoric ester groups is 1. The van der Waals surface area contributed by atoms with E-state index in [0.29, 0.717) is 17.2 Å². The summed E-state index contributed by atoms with van der Waals surface area (Å²) in [5, 5.41) is 0.